The van der Waals surface area contributed by atoms with Crippen molar-refractivity contribution in [3.05, 3.63) is 39.9 Å². The van der Waals surface area contributed by atoms with Crippen molar-refractivity contribution in [3.63, 3.8) is 0 Å². The Morgan fingerprint density at radius 1 is 1.06 bits per heavy atom. The van der Waals surface area contributed by atoms with Crippen LogP contribution >= 0.6 is 11.6 Å². The van der Waals surface area contributed by atoms with Gasteiger partial charge in [-0.3, -0.25) is 0 Å². The minimum absolute atomic E-state index is 0.0291. The van der Waals surface area contributed by atoms with Gasteiger partial charge in [-0.05, 0) is 24.6 Å². The monoisotopic (exact) mass is 472 g/mol. The molecule has 176 valence electrons. The van der Waals surface area contributed by atoms with Crippen molar-refractivity contribution in [3.8, 4) is 28.7 Å². The standard InChI is InChI=1S/C21H25ClO10/c1-2-31-20-18(27)16(25)15(17(26)19(20)28)21(29,30)12-5-9(3-4-13(12)22)14-7-10(24)6-11(8-23)32-14/h3-5,10-11,14,23-30H,2,6-8H2,1H3. The summed E-state index contributed by atoms with van der Waals surface area (Å²) in [4.78, 5) is 0. The van der Waals surface area contributed by atoms with Crippen molar-refractivity contribution in [1.29, 1.82) is 0 Å². The van der Waals surface area contributed by atoms with E-state index in [0.29, 0.717) is 5.56 Å². The average Bonchev–Trinajstić information content (AvgIpc) is 2.75. The molecule has 10 nitrogen and oxygen atoms in total. The summed E-state index contributed by atoms with van der Waals surface area (Å²) in [7, 11) is 0. The number of aliphatic hydroxyl groups is 4. The topological polar surface area (TPSA) is 180 Å². The molecule has 0 saturated carbocycles. The molecule has 0 spiro atoms. The van der Waals surface area contributed by atoms with Crippen molar-refractivity contribution in [1.82, 2.24) is 0 Å². The number of rotatable bonds is 6. The first-order chi connectivity index (χ1) is 15.0. The lowest BCUT2D eigenvalue weighted by Gasteiger charge is -2.33. The molecule has 2 aromatic rings. The van der Waals surface area contributed by atoms with E-state index >= 15 is 0 Å². The molecule has 0 amide bonds. The number of aliphatic hydroxyl groups excluding tert-OH is 2. The van der Waals surface area contributed by atoms with E-state index in [0.717, 1.165) is 0 Å². The number of phenols is 4. The largest absolute Gasteiger partial charge is 0.504 e. The zero-order chi connectivity index (χ0) is 23.8. The number of ether oxygens (including phenoxy) is 2. The number of hydrogen-bond acceptors (Lipinski definition) is 10. The van der Waals surface area contributed by atoms with Crippen molar-refractivity contribution >= 4 is 11.6 Å². The summed E-state index contributed by atoms with van der Waals surface area (Å²) < 4.78 is 10.7. The fourth-order valence-electron chi connectivity index (χ4n) is 3.75. The Kier molecular flexibility index (Phi) is 6.94. The molecular formula is C21H25ClO10. The number of benzene rings is 2. The molecule has 1 fully saturated rings. The Labute approximate surface area is 188 Å². The molecule has 0 radical (unpaired) electrons. The third-order valence-electron chi connectivity index (χ3n) is 5.31. The molecule has 0 aliphatic carbocycles. The highest BCUT2D eigenvalue weighted by molar-refractivity contribution is 6.31. The van der Waals surface area contributed by atoms with Crippen LogP contribution < -0.4 is 4.74 Å². The van der Waals surface area contributed by atoms with Crippen LogP contribution in [0.15, 0.2) is 18.2 Å². The third kappa shape index (κ3) is 4.25. The van der Waals surface area contributed by atoms with E-state index in [4.69, 9.17) is 21.1 Å². The Morgan fingerprint density at radius 2 is 1.69 bits per heavy atom. The van der Waals surface area contributed by atoms with Crippen LogP contribution in [-0.2, 0) is 10.5 Å². The van der Waals surface area contributed by atoms with Gasteiger partial charge in [-0.2, -0.15) is 0 Å². The van der Waals surface area contributed by atoms with Crippen LogP contribution in [0.5, 0.6) is 28.7 Å². The molecular weight excluding hydrogens is 448 g/mol. The van der Waals surface area contributed by atoms with Crippen LogP contribution in [0.2, 0.25) is 5.02 Å². The molecule has 2 aromatic carbocycles. The van der Waals surface area contributed by atoms with E-state index in [1.165, 1.54) is 25.1 Å². The van der Waals surface area contributed by atoms with Gasteiger partial charge in [-0.1, -0.05) is 17.7 Å². The van der Waals surface area contributed by atoms with Crippen LogP contribution in [0.1, 0.15) is 42.6 Å². The zero-order valence-electron chi connectivity index (χ0n) is 17.1. The molecule has 11 heteroatoms. The minimum Gasteiger partial charge on any atom is -0.504 e. The molecule has 3 unspecified atom stereocenters. The number of aromatic hydroxyl groups is 4. The van der Waals surface area contributed by atoms with Gasteiger partial charge in [0.2, 0.25) is 23.0 Å². The van der Waals surface area contributed by atoms with E-state index in [2.05, 4.69) is 0 Å². The minimum atomic E-state index is -3.18. The van der Waals surface area contributed by atoms with Crippen molar-refractivity contribution < 1.29 is 50.3 Å². The number of hydrogen-bond donors (Lipinski definition) is 8. The maximum Gasteiger partial charge on any atom is 0.226 e. The van der Waals surface area contributed by atoms with Crippen molar-refractivity contribution in [2.45, 2.75) is 43.9 Å². The van der Waals surface area contributed by atoms with Crippen LogP contribution in [0.4, 0.5) is 0 Å². The van der Waals surface area contributed by atoms with Gasteiger partial charge in [0.1, 0.15) is 5.56 Å². The summed E-state index contributed by atoms with van der Waals surface area (Å²) in [6, 6.07) is 4.06. The molecule has 3 rings (SSSR count). The van der Waals surface area contributed by atoms with E-state index in [-0.39, 0.29) is 31.1 Å². The molecule has 1 saturated heterocycles. The van der Waals surface area contributed by atoms with Gasteiger partial charge in [0.05, 0.1) is 31.5 Å². The predicted octanol–water partition coefficient (Wildman–Crippen LogP) is 1.32. The Morgan fingerprint density at radius 3 is 2.25 bits per heavy atom. The highest BCUT2D eigenvalue weighted by Gasteiger charge is 2.41. The van der Waals surface area contributed by atoms with E-state index in [9.17, 15) is 40.9 Å². The lowest BCUT2D eigenvalue weighted by Crippen LogP contribution is -2.34. The molecule has 8 N–H and O–H groups in total. The van der Waals surface area contributed by atoms with Gasteiger partial charge in [0.15, 0.2) is 11.5 Å². The van der Waals surface area contributed by atoms with Gasteiger partial charge in [-0.15, -0.1) is 0 Å². The fraction of sp³-hybridized carbons (Fsp3) is 0.429. The molecule has 3 atom stereocenters. The van der Waals surface area contributed by atoms with Gasteiger partial charge in [0.25, 0.3) is 0 Å². The summed E-state index contributed by atoms with van der Waals surface area (Å²) in [5, 5.41) is 82.1. The highest BCUT2D eigenvalue weighted by atomic mass is 35.5. The first-order valence-electron chi connectivity index (χ1n) is 9.84. The second-order valence-corrected chi connectivity index (χ2v) is 7.90. The van der Waals surface area contributed by atoms with Crippen LogP contribution in [0.3, 0.4) is 0 Å². The summed E-state index contributed by atoms with van der Waals surface area (Å²) in [5.41, 5.74) is -1.06. The van der Waals surface area contributed by atoms with Crippen molar-refractivity contribution in [2.24, 2.45) is 0 Å². The quantitative estimate of drug-likeness (QED) is 0.173. The maximum absolute atomic E-state index is 10.9. The van der Waals surface area contributed by atoms with Crippen LogP contribution in [0, 0.1) is 0 Å². The molecule has 1 heterocycles. The van der Waals surface area contributed by atoms with Gasteiger partial charge < -0.3 is 50.3 Å². The molecule has 0 bridgehead atoms. The lowest BCUT2D eigenvalue weighted by molar-refractivity contribution is -0.135. The smallest absolute Gasteiger partial charge is 0.226 e. The zero-order valence-corrected chi connectivity index (χ0v) is 17.8. The Balaban J connectivity index is 2.11. The average molecular weight is 473 g/mol. The maximum atomic E-state index is 10.9. The van der Waals surface area contributed by atoms with Gasteiger partial charge in [-0.25, -0.2) is 0 Å². The Bertz CT molecular complexity index is 964. The normalized spacial score (nSPS) is 21.5. The van der Waals surface area contributed by atoms with E-state index in [1.54, 1.807) is 0 Å². The summed E-state index contributed by atoms with van der Waals surface area (Å²) in [6.45, 7) is 1.18. The first kappa shape index (κ1) is 24.2. The predicted molar refractivity (Wildman–Crippen MR) is 111 cm³/mol. The lowest BCUT2D eigenvalue weighted by atomic mass is 9.90. The van der Waals surface area contributed by atoms with Gasteiger partial charge >= 0.3 is 0 Å². The van der Waals surface area contributed by atoms with Gasteiger partial charge in [0, 0.05) is 23.4 Å². The molecule has 1 aliphatic rings. The second-order valence-electron chi connectivity index (χ2n) is 7.50. The SMILES string of the molecule is CCOc1c(O)c(O)c(C(O)(O)c2cc(C3CC(O)CC(CO)O3)ccc2Cl)c(O)c1O. The first-order valence-corrected chi connectivity index (χ1v) is 10.2. The molecule has 0 aromatic heterocycles. The second kappa shape index (κ2) is 9.18. The summed E-state index contributed by atoms with van der Waals surface area (Å²) in [5.74, 6) is -8.12. The van der Waals surface area contributed by atoms with E-state index < -0.39 is 64.0 Å². The third-order valence-corrected chi connectivity index (χ3v) is 5.64. The number of halogens is 1. The molecule has 32 heavy (non-hydrogen) atoms. The van der Waals surface area contributed by atoms with Crippen LogP contribution in [-0.4, -0.2) is 66.3 Å². The number of phenolic OH excluding ortho intramolecular Hbond substituents is 4. The van der Waals surface area contributed by atoms with E-state index in [1.807, 2.05) is 0 Å². The summed E-state index contributed by atoms with van der Waals surface area (Å²) in [6.07, 6.45) is -1.69. The highest BCUT2D eigenvalue weighted by Crippen LogP contribution is 2.55. The van der Waals surface area contributed by atoms with Crippen LogP contribution in [0.25, 0.3) is 0 Å². The van der Waals surface area contributed by atoms with Crippen molar-refractivity contribution in [2.75, 3.05) is 13.2 Å². The fourth-order valence-corrected chi connectivity index (χ4v) is 4.00. The molecule has 1 aliphatic heterocycles. The Hall–Kier alpha value is -2.47. The summed E-state index contributed by atoms with van der Waals surface area (Å²) >= 11 is 6.16.